The Morgan fingerprint density at radius 2 is 1.91 bits per heavy atom. The summed E-state index contributed by atoms with van der Waals surface area (Å²) in [5.74, 6) is 0.350. The number of aryl methyl sites for hydroxylation is 1. The predicted molar refractivity (Wildman–Crippen MR) is 131 cm³/mol. The second-order valence-electron chi connectivity index (χ2n) is 11.8. The molecule has 1 saturated carbocycles. The number of hydrogen-bond donors (Lipinski definition) is 2. The van der Waals surface area contributed by atoms with Crippen LogP contribution in [0.2, 0.25) is 18.1 Å². The summed E-state index contributed by atoms with van der Waals surface area (Å²) in [6, 6.07) is 6.14. The van der Waals surface area contributed by atoms with E-state index in [1.165, 1.54) is 7.11 Å². The van der Waals surface area contributed by atoms with Gasteiger partial charge < -0.3 is 24.1 Å². The van der Waals surface area contributed by atoms with E-state index in [2.05, 4.69) is 39.9 Å². The minimum absolute atomic E-state index is 0.0422. The van der Waals surface area contributed by atoms with E-state index in [0.717, 1.165) is 23.3 Å². The number of rotatable bonds is 8. The van der Waals surface area contributed by atoms with Crippen molar-refractivity contribution in [3.8, 4) is 5.75 Å². The van der Waals surface area contributed by atoms with Gasteiger partial charge >= 0.3 is 5.97 Å². The second kappa shape index (κ2) is 9.32. The van der Waals surface area contributed by atoms with Crippen LogP contribution in [-0.2, 0) is 20.4 Å². The molecule has 0 aromatic heterocycles. The van der Waals surface area contributed by atoms with Gasteiger partial charge in [-0.15, -0.1) is 0 Å². The fourth-order valence-electron chi connectivity index (χ4n) is 4.98. The Hall–Kier alpha value is -1.41. The van der Waals surface area contributed by atoms with Gasteiger partial charge in [-0.3, -0.25) is 4.79 Å². The average molecular weight is 479 g/mol. The van der Waals surface area contributed by atoms with E-state index in [-0.39, 0.29) is 35.1 Å². The van der Waals surface area contributed by atoms with Crippen molar-refractivity contribution in [1.82, 2.24) is 0 Å². The molecule has 33 heavy (non-hydrogen) atoms. The summed E-state index contributed by atoms with van der Waals surface area (Å²) < 4.78 is 18.1. The number of para-hydroxylation sites is 1. The van der Waals surface area contributed by atoms with Crippen LogP contribution in [0.3, 0.4) is 0 Å². The Bertz CT molecular complexity index is 853. The molecular weight excluding hydrogens is 436 g/mol. The Balaban J connectivity index is 1.91. The first-order valence-corrected chi connectivity index (χ1v) is 15.0. The van der Waals surface area contributed by atoms with E-state index < -0.39 is 20.0 Å². The third-order valence-corrected chi connectivity index (χ3v) is 12.4. The highest BCUT2D eigenvalue weighted by atomic mass is 28.4. The third-order valence-electron chi connectivity index (χ3n) is 7.86. The van der Waals surface area contributed by atoms with Crippen molar-refractivity contribution in [2.45, 2.75) is 108 Å². The number of carbonyl (C=O) groups excluding carboxylic acids is 1. The first kappa shape index (κ1) is 26.2. The summed E-state index contributed by atoms with van der Waals surface area (Å²) >= 11 is 0. The first-order valence-electron chi connectivity index (χ1n) is 12.1. The van der Waals surface area contributed by atoms with E-state index in [1.807, 2.05) is 12.1 Å². The Morgan fingerprint density at radius 3 is 2.48 bits per heavy atom. The summed E-state index contributed by atoms with van der Waals surface area (Å²) in [7, 11) is -0.685. The van der Waals surface area contributed by atoms with Gasteiger partial charge in [-0.2, -0.15) is 0 Å². The van der Waals surface area contributed by atoms with Gasteiger partial charge in [-0.25, -0.2) is 0 Å². The Morgan fingerprint density at radius 1 is 1.24 bits per heavy atom. The molecule has 1 fully saturated rings. The molecule has 3 rings (SSSR count). The summed E-state index contributed by atoms with van der Waals surface area (Å²) in [6.45, 7) is 14.4. The topological polar surface area (TPSA) is 85.2 Å². The van der Waals surface area contributed by atoms with Crippen LogP contribution in [0.5, 0.6) is 5.75 Å². The Labute approximate surface area is 199 Å². The van der Waals surface area contributed by atoms with E-state index in [1.54, 1.807) is 13.8 Å². The Kier molecular flexibility index (Phi) is 7.40. The van der Waals surface area contributed by atoms with Crippen LogP contribution in [0, 0.1) is 5.92 Å². The van der Waals surface area contributed by atoms with Gasteiger partial charge in [0.1, 0.15) is 11.9 Å². The van der Waals surface area contributed by atoms with E-state index in [9.17, 15) is 15.0 Å². The number of ether oxygens (including phenoxy) is 2. The number of aliphatic hydroxyl groups excluding tert-OH is 1. The molecule has 0 spiro atoms. The van der Waals surface area contributed by atoms with Crippen LogP contribution in [0.25, 0.3) is 0 Å². The van der Waals surface area contributed by atoms with Crippen LogP contribution < -0.4 is 4.74 Å². The maximum atomic E-state index is 11.5. The molecule has 5 atom stereocenters. The smallest absolute Gasteiger partial charge is 0.305 e. The van der Waals surface area contributed by atoms with Crippen LogP contribution >= 0.6 is 0 Å². The van der Waals surface area contributed by atoms with Gasteiger partial charge in [0.2, 0.25) is 0 Å². The lowest BCUT2D eigenvalue weighted by atomic mass is 9.78. The number of esters is 1. The minimum Gasteiger partial charge on any atom is -0.489 e. The van der Waals surface area contributed by atoms with Crippen molar-refractivity contribution in [1.29, 1.82) is 0 Å². The van der Waals surface area contributed by atoms with Gasteiger partial charge in [-0.05, 0) is 50.4 Å². The van der Waals surface area contributed by atoms with Crippen LogP contribution in [0.4, 0.5) is 0 Å². The van der Waals surface area contributed by atoms with Gasteiger partial charge in [0, 0.05) is 30.2 Å². The molecule has 1 unspecified atom stereocenters. The number of benzene rings is 1. The minimum atomic E-state index is -2.09. The zero-order chi connectivity index (χ0) is 24.8. The highest BCUT2D eigenvalue weighted by Gasteiger charge is 2.57. The molecule has 1 heterocycles. The molecule has 186 valence electrons. The van der Waals surface area contributed by atoms with Crippen LogP contribution in [0.1, 0.15) is 70.9 Å². The second-order valence-corrected chi connectivity index (χ2v) is 16.5. The zero-order valence-corrected chi connectivity index (χ0v) is 22.5. The summed E-state index contributed by atoms with van der Waals surface area (Å²) in [5, 5.41) is 22.1. The molecule has 0 amide bonds. The molecule has 7 heteroatoms. The maximum absolute atomic E-state index is 11.5. The molecule has 6 nitrogen and oxygen atoms in total. The molecule has 0 radical (unpaired) electrons. The van der Waals surface area contributed by atoms with Crippen molar-refractivity contribution in [2.24, 2.45) is 5.92 Å². The van der Waals surface area contributed by atoms with Crippen molar-refractivity contribution in [2.75, 3.05) is 7.11 Å². The SMILES string of the molecule is COC(=O)CCCc1cccc2c1O[C@H]1C[C@@H](O[Si](C)(C)C(C)(C)C)[C@H](C(O)C(C)(C)O)[C@@H]21. The molecule has 2 N–H and O–H groups in total. The molecule has 2 aliphatic rings. The molecule has 1 aliphatic heterocycles. The van der Waals surface area contributed by atoms with E-state index in [0.29, 0.717) is 19.3 Å². The highest BCUT2D eigenvalue weighted by molar-refractivity contribution is 6.74. The largest absolute Gasteiger partial charge is 0.489 e. The van der Waals surface area contributed by atoms with Gasteiger partial charge in [0.05, 0.1) is 24.9 Å². The standard InChI is InChI=1S/C26H42O6Si/c1-25(2,3)33(7,8)32-19-15-18-21(22(19)24(28)26(4,5)29)17-13-9-11-16(23(17)31-18)12-10-14-20(27)30-6/h9,11,13,18-19,21-22,24,28-29H,10,12,14-15H2,1-8H3/t18-,19+,21-,22-,24?/m0/s1. The number of methoxy groups -OCH3 is 1. The first-order chi connectivity index (χ1) is 15.2. The lowest BCUT2D eigenvalue weighted by Crippen LogP contribution is -2.50. The normalized spacial score (nSPS) is 25.9. The maximum Gasteiger partial charge on any atom is 0.305 e. The van der Waals surface area contributed by atoms with Crippen molar-refractivity contribution in [3.63, 3.8) is 0 Å². The highest BCUT2D eigenvalue weighted by Crippen LogP contribution is 2.55. The fraction of sp³-hybridized carbons (Fsp3) is 0.731. The molecule has 0 bridgehead atoms. The summed E-state index contributed by atoms with van der Waals surface area (Å²) in [6.07, 6.45) is 1.24. The average Bonchev–Trinajstić information content (AvgIpc) is 3.21. The predicted octanol–water partition coefficient (Wildman–Crippen LogP) is 4.57. The lowest BCUT2D eigenvalue weighted by molar-refractivity contribution is -0.140. The van der Waals surface area contributed by atoms with Gasteiger partial charge in [0.15, 0.2) is 8.32 Å². The monoisotopic (exact) mass is 478 g/mol. The van der Waals surface area contributed by atoms with E-state index in [4.69, 9.17) is 13.9 Å². The third kappa shape index (κ3) is 5.31. The summed E-state index contributed by atoms with van der Waals surface area (Å²) in [4.78, 5) is 11.5. The molecular formula is C26H42O6Si. The number of aliphatic hydroxyl groups is 2. The van der Waals surface area contributed by atoms with Crippen molar-refractivity contribution >= 4 is 14.3 Å². The van der Waals surface area contributed by atoms with Crippen LogP contribution in [-0.4, -0.2) is 55.5 Å². The molecule has 1 aliphatic carbocycles. The number of carbonyl (C=O) groups is 1. The molecule has 0 saturated heterocycles. The fourth-order valence-corrected chi connectivity index (χ4v) is 6.34. The summed E-state index contributed by atoms with van der Waals surface area (Å²) in [5.41, 5.74) is 0.893. The lowest BCUT2D eigenvalue weighted by Gasteiger charge is -2.42. The van der Waals surface area contributed by atoms with Crippen molar-refractivity contribution < 1.29 is 28.9 Å². The van der Waals surface area contributed by atoms with Gasteiger partial charge in [0.25, 0.3) is 0 Å². The van der Waals surface area contributed by atoms with E-state index >= 15 is 0 Å². The van der Waals surface area contributed by atoms with Gasteiger partial charge in [-0.1, -0.05) is 39.0 Å². The quantitative estimate of drug-likeness (QED) is 0.421. The van der Waals surface area contributed by atoms with Crippen LogP contribution in [0.15, 0.2) is 18.2 Å². The molecule has 1 aromatic carbocycles. The zero-order valence-electron chi connectivity index (χ0n) is 21.5. The van der Waals surface area contributed by atoms with Crippen molar-refractivity contribution in [3.05, 3.63) is 29.3 Å². The number of hydrogen-bond acceptors (Lipinski definition) is 6. The molecule has 1 aromatic rings. The number of fused-ring (bicyclic) bond motifs is 3.